The van der Waals surface area contributed by atoms with E-state index in [1.165, 1.54) is 0 Å². The number of halogens is 2. The molecule has 2 aromatic heterocycles. The number of benzene rings is 2. The number of anilines is 2. The SMILES string of the molecule is CCCCc1nc2cc(NC(=O)Nc3cccc(Cl)c3)c(C)nc2n1Cc1ccccc1Cl. The Morgan fingerprint density at radius 2 is 1.85 bits per heavy atom. The van der Waals surface area contributed by atoms with Gasteiger partial charge in [0.1, 0.15) is 11.3 Å². The monoisotopic (exact) mass is 481 g/mol. The lowest BCUT2D eigenvalue weighted by Crippen LogP contribution is -2.20. The van der Waals surface area contributed by atoms with Crippen LogP contribution in [-0.4, -0.2) is 20.6 Å². The molecule has 4 rings (SSSR count). The number of rotatable bonds is 7. The lowest BCUT2D eigenvalue weighted by Gasteiger charge is -2.12. The molecule has 2 N–H and O–H groups in total. The van der Waals surface area contributed by atoms with Crippen LogP contribution in [0.25, 0.3) is 11.2 Å². The maximum Gasteiger partial charge on any atom is 0.323 e. The van der Waals surface area contributed by atoms with Gasteiger partial charge in [-0.3, -0.25) is 0 Å². The van der Waals surface area contributed by atoms with Crippen molar-refractivity contribution >= 4 is 51.8 Å². The summed E-state index contributed by atoms with van der Waals surface area (Å²) in [5, 5.41) is 6.93. The van der Waals surface area contributed by atoms with Gasteiger partial charge in [0.25, 0.3) is 0 Å². The second-order valence-electron chi connectivity index (χ2n) is 7.86. The largest absolute Gasteiger partial charge is 0.323 e. The van der Waals surface area contributed by atoms with Gasteiger partial charge in [-0.1, -0.05) is 60.8 Å². The smallest absolute Gasteiger partial charge is 0.308 e. The van der Waals surface area contributed by atoms with Gasteiger partial charge < -0.3 is 15.2 Å². The number of hydrogen-bond acceptors (Lipinski definition) is 3. The molecule has 2 heterocycles. The van der Waals surface area contributed by atoms with E-state index in [0.717, 1.165) is 41.8 Å². The van der Waals surface area contributed by atoms with Crippen LogP contribution in [0.15, 0.2) is 54.6 Å². The molecule has 0 saturated heterocycles. The molecule has 0 saturated carbocycles. The van der Waals surface area contributed by atoms with Gasteiger partial charge in [0.2, 0.25) is 0 Å². The first kappa shape index (κ1) is 23.1. The van der Waals surface area contributed by atoms with E-state index < -0.39 is 0 Å². The number of amides is 2. The fraction of sp³-hybridized carbons (Fsp3) is 0.240. The van der Waals surface area contributed by atoms with E-state index in [0.29, 0.717) is 33.7 Å². The van der Waals surface area contributed by atoms with Crippen molar-refractivity contribution in [2.24, 2.45) is 0 Å². The van der Waals surface area contributed by atoms with Crippen molar-refractivity contribution in [3.05, 3.63) is 81.7 Å². The molecule has 0 aliphatic heterocycles. The van der Waals surface area contributed by atoms with E-state index in [1.807, 2.05) is 37.3 Å². The molecule has 4 aromatic rings. The van der Waals surface area contributed by atoms with Crippen LogP contribution in [-0.2, 0) is 13.0 Å². The Labute approximate surface area is 203 Å². The Kier molecular flexibility index (Phi) is 7.16. The molecule has 0 radical (unpaired) electrons. The molecule has 8 heteroatoms. The minimum atomic E-state index is -0.372. The molecule has 0 aliphatic carbocycles. The lowest BCUT2D eigenvalue weighted by atomic mass is 10.2. The van der Waals surface area contributed by atoms with Crippen molar-refractivity contribution in [3.8, 4) is 0 Å². The summed E-state index contributed by atoms with van der Waals surface area (Å²) in [6.07, 6.45) is 2.94. The average molecular weight is 482 g/mol. The number of aromatic nitrogens is 3. The number of hydrogen-bond donors (Lipinski definition) is 2. The van der Waals surface area contributed by atoms with E-state index in [4.69, 9.17) is 33.2 Å². The van der Waals surface area contributed by atoms with E-state index in [-0.39, 0.29) is 6.03 Å². The van der Waals surface area contributed by atoms with Gasteiger partial charge in [-0.05, 0) is 49.2 Å². The van der Waals surface area contributed by atoms with Crippen LogP contribution in [0.1, 0.15) is 36.8 Å². The minimum Gasteiger partial charge on any atom is -0.308 e. The maximum absolute atomic E-state index is 12.5. The molecule has 0 bridgehead atoms. The van der Waals surface area contributed by atoms with Gasteiger partial charge in [0, 0.05) is 22.2 Å². The summed E-state index contributed by atoms with van der Waals surface area (Å²) in [6.45, 7) is 4.61. The average Bonchev–Trinajstić information content (AvgIpc) is 3.10. The quantitative estimate of drug-likeness (QED) is 0.296. The Morgan fingerprint density at radius 1 is 1.03 bits per heavy atom. The number of urea groups is 1. The Balaban J connectivity index is 1.64. The number of fused-ring (bicyclic) bond motifs is 1. The van der Waals surface area contributed by atoms with Crippen molar-refractivity contribution in [2.45, 2.75) is 39.7 Å². The summed E-state index contributed by atoms with van der Waals surface area (Å²) in [5.41, 5.74) is 4.44. The second-order valence-corrected chi connectivity index (χ2v) is 8.71. The minimum absolute atomic E-state index is 0.372. The van der Waals surface area contributed by atoms with E-state index >= 15 is 0 Å². The number of imidazole rings is 1. The normalized spacial score (nSPS) is 11.0. The van der Waals surface area contributed by atoms with Gasteiger partial charge in [-0.2, -0.15) is 0 Å². The number of carbonyl (C=O) groups is 1. The van der Waals surface area contributed by atoms with Crippen LogP contribution in [0, 0.1) is 6.92 Å². The fourth-order valence-electron chi connectivity index (χ4n) is 3.65. The molecule has 2 amide bonds. The van der Waals surface area contributed by atoms with Gasteiger partial charge in [-0.15, -0.1) is 0 Å². The van der Waals surface area contributed by atoms with Crippen molar-refractivity contribution in [3.63, 3.8) is 0 Å². The van der Waals surface area contributed by atoms with Crippen LogP contribution >= 0.6 is 23.2 Å². The third kappa shape index (κ3) is 5.46. The highest BCUT2D eigenvalue weighted by Crippen LogP contribution is 2.25. The summed E-state index contributed by atoms with van der Waals surface area (Å²) in [4.78, 5) is 22.2. The molecule has 0 aliphatic rings. The summed E-state index contributed by atoms with van der Waals surface area (Å²) in [7, 11) is 0. The van der Waals surface area contributed by atoms with Crippen LogP contribution in [0.5, 0.6) is 0 Å². The molecular weight excluding hydrogens is 457 g/mol. The maximum atomic E-state index is 12.5. The topological polar surface area (TPSA) is 71.8 Å². The lowest BCUT2D eigenvalue weighted by molar-refractivity contribution is 0.262. The molecule has 0 unspecified atom stereocenters. The van der Waals surface area contributed by atoms with E-state index in [1.54, 1.807) is 24.3 Å². The first-order valence-corrected chi connectivity index (χ1v) is 11.6. The first-order valence-electron chi connectivity index (χ1n) is 10.9. The van der Waals surface area contributed by atoms with Gasteiger partial charge in [0.05, 0.1) is 17.9 Å². The molecule has 6 nitrogen and oxygen atoms in total. The summed E-state index contributed by atoms with van der Waals surface area (Å²) >= 11 is 12.4. The molecule has 0 spiro atoms. The predicted octanol–water partition coefficient (Wildman–Crippen LogP) is 7.08. The number of pyridine rings is 1. The second kappa shape index (κ2) is 10.2. The molecular formula is C25H25Cl2N5O. The number of carbonyl (C=O) groups excluding carboxylic acids is 1. The van der Waals surface area contributed by atoms with Crippen molar-refractivity contribution < 1.29 is 4.79 Å². The Bertz CT molecular complexity index is 1300. The highest BCUT2D eigenvalue weighted by molar-refractivity contribution is 6.31. The highest BCUT2D eigenvalue weighted by atomic mass is 35.5. The van der Waals surface area contributed by atoms with Gasteiger partial charge in [0.15, 0.2) is 5.65 Å². The summed E-state index contributed by atoms with van der Waals surface area (Å²) < 4.78 is 2.12. The van der Waals surface area contributed by atoms with Crippen molar-refractivity contribution in [2.75, 3.05) is 10.6 Å². The predicted molar refractivity (Wildman–Crippen MR) is 136 cm³/mol. The highest BCUT2D eigenvalue weighted by Gasteiger charge is 2.16. The third-order valence-corrected chi connectivity index (χ3v) is 5.97. The molecule has 33 heavy (non-hydrogen) atoms. The van der Waals surface area contributed by atoms with Crippen LogP contribution in [0.3, 0.4) is 0 Å². The number of aryl methyl sites for hydroxylation is 2. The Hall–Kier alpha value is -3.09. The third-order valence-electron chi connectivity index (χ3n) is 5.36. The number of nitrogens with one attached hydrogen (secondary N) is 2. The zero-order chi connectivity index (χ0) is 23.4. The number of nitrogens with zero attached hydrogens (tertiary/aromatic N) is 3. The molecule has 2 aromatic carbocycles. The number of unbranched alkanes of at least 4 members (excludes halogenated alkanes) is 1. The zero-order valence-electron chi connectivity index (χ0n) is 18.5. The van der Waals surface area contributed by atoms with Crippen LogP contribution in [0.2, 0.25) is 10.0 Å². The molecule has 0 atom stereocenters. The van der Waals surface area contributed by atoms with Gasteiger partial charge >= 0.3 is 6.03 Å². The molecule has 0 fully saturated rings. The van der Waals surface area contributed by atoms with Crippen molar-refractivity contribution in [1.29, 1.82) is 0 Å². The van der Waals surface area contributed by atoms with Crippen molar-refractivity contribution in [1.82, 2.24) is 14.5 Å². The summed E-state index contributed by atoms with van der Waals surface area (Å²) in [5.74, 6) is 0.958. The van der Waals surface area contributed by atoms with E-state index in [2.05, 4.69) is 22.1 Å². The first-order chi connectivity index (χ1) is 15.9. The van der Waals surface area contributed by atoms with Crippen LogP contribution in [0.4, 0.5) is 16.2 Å². The van der Waals surface area contributed by atoms with Crippen LogP contribution < -0.4 is 10.6 Å². The summed E-state index contributed by atoms with van der Waals surface area (Å²) in [6, 6.07) is 16.3. The fourth-order valence-corrected chi connectivity index (χ4v) is 4.04. The Morgan fingerprint density at radius 3 is 2.61 bits per heavy atom. The van der Waals surface area contributed by atoms with Gasteiger partial charge in [-0.25, -0.2) is 14.8 Å². The molecule has 170 valence electrons. The standard InChI is InChI=1S/C25H25Cl2N5O/c1-3-4-12-23-30-22-14-21(31-25(33)29-19-10-7-9-18(26)13-19)16(2)28-24(22)32(23)15-17-8-5-6-11-20(17)27/h5-11,13-14H,3-4,12,15H2,1-2H3,(H2,29,31,33). The van der Waals surface area contributed by atoms with E-state index in [9.17, 15) is 4.79 Å². The zero-order valence-corrected chi connectivity index (χ0v) is 20.0.